The maximum Gasteiger partial charge on any atom is 0.243 e. The van der Waals surface area contributed by atoms with E-state index < -0.39 is 0 Å². The van der Waals surface area contributed by atoms with E-state index in [1.165, 1.54) is 22.9 Å². The molecule has 0 saturated carbocycles. The predicted octanol–water partition coefficient (Wildman–Crippen LogP) is 5.61. The molecule has 5 heteroatoms. The van der Waals surface area contributed by atoms with Crippen molar-refractivity contribution >= 4 is 5.91 Å². The normalized spacial score (nSPS) is 14.6. The Morgan fingerprint density at radius 2 is 1.97 bits per heavy atom. The minimum Gasteiger partial charge on any atom is -0.457 e. The van der Waals surface area contributed by atoms with Crippen LogP contribution in [-0.2, 0) is 4.79 Å². The summed E-state index contributed by atoms with van der Waals surface area (Å²) in [6.07, 6.45) is 12.5. The summed E-state index contributed by atoms with van der Waals surface area (Å²) < 4.78 is 7.95. The highest BCUT2D eigenvalue weighted by molar-refractivity contribution is 5.87. The van der Waals surface area contributed by atoms with E-state index in [-0.39, 0.29) is 5.91 Å². The van der Waals surface area contributed by atoms with Crippen LogP contribution in [0.2, 0.25) is 0 Å². The van der Waals surface area contributed by atoms with Gasteiger partial charge in [-0.3, -0.25) is 4.79 Å². The molecule has 0 aliphatic carbocycles. The maximum atomic E-state index is 11.2. The van der Waals surface area contributed by atoms with Gasteiger partial charge in [-0.1, -0.05) is 48.6 Å². The van der Waals surface area contributed by atoms with Gasteiger partial charge in [0.15, 0.2) is 0 Å². The van der Waals surface area contributed by atoms with E-state index in [4.69, 9.17) is 4.74 Å². The van der Waals surface area contributed by atoms with Crippen LogP contribution >= 0.6 is 0 Å². The lowest BCUT2D eigenvalue weighted by Gasteiger charge is -2.06. The van der Waals surface area contributed by atoms with Gasteiger partial charge in [-0.25, -0.2) is 4.98 Å². The van der Waals surface area contributed by atoms with Crippen LogP contribution in [-0.4, -0.2) is 22.5 Å². The van der Waals surface area contributed by atoms with Gasteiger partial charge in [0.05, 0.1) is 24.3 Å². The third-order valence-corrected chi connectivity index (χ3v) is 5.09. The van der Waals surface area contributed by atoms with Gasteiger partial charge in [-0.2, -0.15) is 0 Å². The van der Waals surface area contributed by atoms with E-state index in [0.717, 1.165) is 11.3 Å². The Balaban J connectivity index is 0.000000191. The summed E-state index contributed by atoms with van der Waals surface area (Å²) in [5.41, 5.74) is 5.09. The Hall–Kier alpha value is -3.86. The van der Waals surface area contributed by atoms with Gasteiger partial charge < -0.3 is 14.6 Å². The number of carbonyl (C=O) groups excluding carboxylic acids is 1. The zero-order chi connectivity index (χ0) is 22.9. The van der Waals surface area contributed by atoms with Crippen LogP contribution in [0.15, 0.2) is 97.2 Å². The number of hydrogen-bond donors (Lipinski definition) is 1. The number of nitrogens with zero attached hydrogens (tertiary/aromatic N) is 2. The summed E-state index contributed by atoms with van der Waals surface area (Å²) in [5, 5.41) is 2.52. The molecule has 2 aromatic carbocycles. The Morgan fingerprint density at radius 1 is 1.16 bits per heavy atom. The van der Waals surface area contributed by atoms with E-state index in [1.54, 1.807) is 13.1 Å². The fourth-order valence-electron chi connectivity index (χ4n) is 3.44. The molecule has 0 bridgehead atoms. The van der Waals surface area contributed by atoms with E-state index in [1.807, 2.05) is 68.9 Å². The van der Waals surface area contributed by atoms with Crippen molar-refractivity contribution in [3.63, 3.8) is 0 Å². The number of aryl methyl sites for hydroxylation is 1. The van der Waals surface area contributed by atoms with Crippen LogP contribution in [0.5, 0.6) is 5.75 Å². The number of imidazole rings is 1. The lowest BCUT2D eigenvalue weighted by molar-refractivity contribution is -0.116. The zero-order valence-corrected chi connectivity index (χ0v) is 18.9. The summed E-state index contributed by atoms with van der Waals surface area (Å²) in [6, 6.07) is 16.7. The Morgan fingerprint density at radius 3 is 2.72 bits per heavy atom. The lowest BCUT2D eigenvalue weighted by Crippen LogP contribution is -2.14. The van der Waals surface area contributed by atoms with Crippen molar-refractivity contribution in [2.24, 2.45) is 0 Å². The van der Waals surface area contributed by atoms with Crippen LogP contribution < -0.4 is 10.1 Å². The third kappa shape index (κ3) is 5.64. The number of carbonyl (C=O) groups is 1. The van der Waals surface area contributed by atoms with Gasteiger partial charge in [0, 0.05) is 18.7 Å². The Kier molecular flexibility index (Phi) is 7.81. The van der Waals surface area contributed by atoms with Crippen molar-refractivity contribution in [3.8, 4) is 17.0 Å². The molecule has 1 unspecified atom stereocenters. The SMILES string of the molecule is CC1c2ccccc2-c2cncn21.C\C=C/C=C(\C=C\C(=O)NC)Oc1cccc(C)c1. The molecule has 5 nitrogen and oxygen atoms in total. The standard InChI is InChI=1S/C16H19NO2.C11H10N2/c1-4-5-8-14(10-11-16(18)17-3)19-15-9-6-7-13(2)12-15;1-8-9-4-2-3-5-10(9)11-6-12-7-13(8)11/h4-12H,1-3H3,(H,17,18);2-8H,1H3/b5-4-,11-10+,14-8+;. The molecule has 1 aliphatic rings. The number of hydrogen-bond acceptors (Lipinski definition) is 3. The number of benzene rings is 2. The van der Waals surface area contributed by atoms with Crippen molar-refractivity contribution in [1.82, 2.24) is 14.9 Å². The first kappa shape index (κ1) is 22.8. The van der Waals surface area contributed by atoms with Gasteiger partial charge in [0.25, 0.3) is 0 Å². The maximum absolute atomic E-state index is 11.2. The predicted molar refractivity (Wildman–Crippen MR) is 129 cm³/mol. The van der Waals surface area contributed by atoms with Gasteiger partial charge >= 0.3 is 0 Å². The van der Waals surface area contributed by atoms with Gasteiger partial charge in [-0.15, -0.1) is 0 Å². The molecule has 164 valence electrons. The minimum absolute atomic E-state index is 0.167. The molecule has 0 fully saturated rings. The molecule has 3 aromatic rings. The smallest absolute Gasteiger partial charge is 0.243 e. The summed E-state index contributed by atoms with van der Waals surface area (Å²) >= 11 is 0. The van der Waals surface area contributed by atoms with Gasteiger partial charge in [-0.05, 0) is 56.2 Å². The number of amides is 1. The average molecular weight is 428 g/mol. The third-order valence-electron chi connectivity index (χ3n) is 5.09. The van der Waals surface area contributed by atoms with Crippen molar-refractivity contribution in [3.05, 3.63) is 108 Å². The molecule has 1 atom stereocenters. The number of ether oxygens (including phenoxy) is 1. The van der Waals surface area contributed by atoms with E-state index >= 15 is 0 Å². The molecular formula is C27H29N3O2. The number of rotatable bonds is 5. The van der Waals surface area contributed by atoms with Crippen molar-refractivity contribution in [2.45, 2.75) is 26.8 Å². The number of fused-ring (bicyclic) bond motifs is 3. The van der Waals surface area contributed by atoms with Crippen LogP contribution in [0.3, 0.4) is 0 Å². The first-order valence-electron chi connectivity index (χ1n) is 10.6. The highest BCUT2D eigenvalue weighted by atomic mass is 16.5. The molecule has 1 aliphatic heterocycles. The highest BCUT2D eigenvalue weighted by Gasteiger charge is 2.23. The van der Waals surface area contributed by atoms with E-state index in [0.29, 0.717) is 11.8 Å². The molecule has 1 amide bonds. The summed E-state index contributed by atoms with van der Waals surface area (Å²) in [7, 11) is 1.59. The van der Waals surface area contributed by atoms with Crippen LogP contribution in [0.25, 0.3) is 11.3 Å². The molecule has 32 heavy (non-hydrogen) atoms. The fourth-order valence-corrected chi connectivity index (χ4v) is 3.44. The molecular weight excluding hydrogens is 398 g/mol. The van der Waals surface area contributed by atoms with E-state index in [9.17, 15) is 4.79 Å². The largest absolute Gasteiger partial charge is 0.457 e. The van der Waals surface area contributed by atoms with Crippen molar-refractivity contribution in [2.75, 3.05) is 7.05 Å². The Labute approximate surface area is 189 Å². The number of allylic oxidation sites excluding steroid dienone is 4. The average Bonchev–Trinajstić information content (AvgIpc) is 3.39. The molecule has 2 heterocycles. The summed E-state index contributed by atoms with van der Waals surface area (Å²) in [4.78, 5) is 15.4. The number of nitrogens with one attached hydrogen (secondary N) is 1. The quantitative estimate of drug-likeness (QED) is 0.327. The fraction of sp³-hybridized carbons (Fsp3) is 0.185. The second kappa shape index (κ2) is 11.0. The monoisotopic (exact) mass is 427 g/mol. The summed E-state index contributed by atoms with van der Waals surface area (Å²) in [6.45, 7) is 6.13. The zero-order valence-electron chi connectivity index (χ0n) is 18.9. The minimum atomic E-state index is -0.167. The summed E-state index contributed by atoms with van der Waals surface area (Å²) in [5.74, 6) is 1.18. The topological polar surface area (TPSA) is 56.2 Å². The molecule has 1 aromatic heterocycles. The first-order chi connectivity index (χ1) is 15.5. The van der Waals surface area contributed by atoms with Gasteiger partial charge in [0.2, 0.25) is 5.91 Å². The second-order valence-corrected chi connectivity index (χ2v) is 7.41. The van der Waals surface area contributed by atoms with Gasteiger partial charge in [0.1, 0.15) is 11.5 Å². The molecule has 0 saturated heterocycles. The molecule has 0 radical (unpaired) electrons. The second-order valence-electron chi connectivity index (χ2n) is 7.41. The highest BCUT2D eigenvalue weighted by Crippen LogP contribution is 2.38. The number of aromatic nitrogens is 2. The molecule has 4 rings (SSSR count). The van der Waals surface area contributed by atoms with Crippen LogP contribution in [0, 0.1) is 6.92 Å². The molecule has 0 spiro atoms. The van der Waals surface area contributed by atoms with Crippen LogP contribution in [0.1, 0.15) is 31.0 Å². The Bertz CT molecular complexity index is 1150. The van der Waals surface area contributed by atoms with Crippen LogP contribution in [0.4, 0.5) is 0 Å². The van der Waals surface area contributed by atoms with Crippen molar-refractivity contribution < 1.29 is 9.53 Å². The lowest BCUT2D eigenvalue weighted by atomic mass is 10.0. The van der Waals surface area contributed by atoms with E-state index in [2.05, 4.69) is 46.1 Å². The molecule has 1 N–H and O–H groups in total. The first-order valence-corrected chi connectivity index (χ1v) is 10.6. The number of likely N-dealkylation sites (N-methyl/N-ethyl adjacent to an activating group) is 1. The van der Waals surface area contributed by atoms with Crippen molar-refractivity contribution in [1.29, 1.82) is 0 Å².